The van der Waals surface area contributed by atoms with E-state index in [1.807, 2.05) is 0 Å². The van der Waals surface area contributed by atoms with Crippen molar-refractivity contribution in [3.8, 4) is 0 Å². The number of piperidine rings is 1. The van der Waals surface area contributed by atoms with Crippen LogP contribution in [0.4, 0.5) is 11.4 Å². The number of nitro benzene ring substituents is 1. The average Bonchev–Trinajstić information content (AvgIpc) is 2.38. The van der Waals surface area contributed by atoms with Crippen LogP contribution in [0.2, 0.25) is 0 Å². The van der Waals surface area contributed by atoms with E-state index in [2.05, 4.69) is 11.8 Å². The van der Waals surface area contributed by atoms with Crippen molar-refractivity contribution in [3.05, 3.63) is 33.9 Å². The van der Waals surface area contributed by atoms with E-state index >= 15 is 0 Å². The Morgan fingerprint density at radius 1 is 1.42 bits per heavy atom. The van der Waals surface area contributed by atoms with Crippen molar-refractivity contribution in [3.63, 3.8) is 0 Å². The fraction of sp³-hybridized carbons (Fsp3) is 0.500. The van der Waals surface area contributed by atoms with Gasteiger partial charge in [0.25, 0.3) is 5.69 Å². The number of benzene rings is 1. The standard InChI is InChI=1S/C14H18N2O3/c1-10-5-3-4-8-15(10)13-7-6-12(11(2)17)9-14(13)16(18)19/h6-7,9-10H,3-5,8H2,1-2H3. The van der Waals surface area contributed by atoms with Crippen LogP contribution in [0, 0.1) is 10.1 Å². The first-order valence-corrected chi connectivity index (χ1v) is 6.56. The lowest BCUT2D eigenvalue weighted by atomic mass is 10.0. The van der Waals surface area contributed by atoms with Crippen LogP contribution in [0.5, 0.6) is 0 Å². The Balaban J connectivity index is 2.44. The van der Waals surface area contributed by atoms with Crippen molar-refractivity contribution >= 4 is 17.2 Å². The molecule has 1 aliphatic heterocycles. The van der Waals surface area contributed by atoms with Crippen LogP contribution >= 0.6 is 0 Å². The Hall–Kier alpha value is -1.91. The number of anilines is 1. The van der Waals surface area contributed by atoms with E-state index in [0.717, 1.165) is 25.8 Å². The summed E-state index contributed by atoms with van der Waals surface area (Å²) in [5.41, 5.74) is 1.05. The Morgan fingerprint density at radius 3 is 2.74 bits per heavy atom. The summed E-state index contributed by atoms with van der Waals surface area (Å²) in [6, 6.07) is 5.07. The van der Waals surface area contributed by atoms with E-state index in [-0.39, 0.29) is 11.5 Å². The highest BCUT2D eigenvalue weighted by atomic mass is 16.6. The number of carbonyl (C=O) groups is 1. The summed E-state index contributed by atoms with van der Waals surface area (Å²) in [5.74, 6) is -0.152. The fourth-order valence-corrected chi connectivity index (χ4v) is 2.59. The summed E-state index contributed by atoms with van der Waals surface area (Å²) >= 11 is 0. The van der Waals surface area contributed by atoms with Gasteiger partial charge in [-0.2, -0.15) is 0 Å². The smallest absolute Gasteiger partial charge is 0.293 e. The molecule has 1 aromatic rings. The first-order valence-electron chi connectivity index (χ1n) is 6.56. The Labute approximate surface area is 112 Å². The molecule has 0 radical (unpaired) electrons. The largest absolute Gasteiger partial charge is 0.363 e. The van der Waals surface area contributed by atoms with Gasteiger partial charge in [0.15, 0.2) is 5.78 Å². The Bertz CT molecular complexity index is 513. The van der Waals surface area contributed by atoms with Crippen LogP contribution in [0.25, 0.3) is 0 Å². The lowest BCUT2D eigenvalue weighted by Gasteiger charge is -2.35. The molecule has 1 unspecified atom stereocenters. The minimum atomic E-state index is -0.400. The quantitative estimate of drug-likeness (QED) is 0.477. The topological polar surface area (TPSA) is 63.5 Å². The zero-order valence-corrected chi connectivity index (χ0v) is 11.3. The van der Waals surface area contributed by atoms with Gasteiger partial charge in [-0.05, 0) is 45.2 Å². The van der Waals surface area contributed by atoms with Crippen molar-refractivity contribution < 1.29 is 9.72 Å². The van der Waals surface area contributed by atoms with E-state index < -0.39 is 4.92 Å². The van der Waals surface area contributed by atoms with Crippen LogP contribution in [0.15, 0.2) is 18.2 Å². The molecule has 1 heterocycles. The highest BCUT2D eigenvalue weighted by Gasteiger charge is 2.26. The Morgan fingerprint density at radius 2 is 2.16 bits per heavy atom. The molecule has 0 aliphatic carbocycles. The SMILES string of the molecule is CC(=O)c1ccc(N2CCCCC2C)c([N+](=O)[O-])c1. The third kappa shape index (κ3) is 2.75. The zero-order valence-electron chi connectivity index (χ0n) is 11.3. The molecular weight excluding hydrogens is 244 g/mol. The average molecular weight is 262 g/mol. The second kappa shape index (κ2) is 5.38. The number of ketones is 1. The van der Waals surface area contributed by atoms with Gasteiger partial charge in [-0.1, -0.05) is 0 Å². The molecule has 5 nitrogen and oxygen atoms in total. The number of carbonyl (C=O) groups excluding carboxylic acids is 1. The maximum absolute atomic E-state index is 11.3. The number of rotatable bonds is 3. The molecule has 102 valence electrons. The van der Waals surface area contributed by atoms with Gasteiger partial charge in [-0.3, -0.25) is 14.9 Å². The predicted molar refractivity (Wildman–Crippen MR) is 73.8 cm³/mol. The summed E-state index contributed by atoms with van der Waals surface area (Å²) in [5, 5.41) is 11.2. The molecular formula is C14H18N2O3. The second-order valence-electron chi connectivity index (χ2n) is 5.05. The lowest BCUT2D eigenvalue weighted by Crippen LogP contribution is -2.37. The van der Waals surface area contributed by atoms with Gasteiger partial charge in [0, 0.05) is 24.2 Å². The molecule has 0 bridgehead atoms. The number of nitro groups is 1. The number of nitrogens with zero attached hydrogens (tertiary/aromatic N) is 2. The third-order valence-electron chi connectivity index (χ3n) is 3.69. The molecule has 19 heavy (non-hydrogen) atoms. The van der Waals surface area contributed by atoms with Gasteiger partial charge in [0.05, 0.1) is 4.92 Å². The molecule has 1 aliphatic rings. The van der Waals surface area contributed by atoms with Gasteiger partial charge < -0.3 is 4.90 Å². The molecule has 1 fully saturated rings. The van der Waals surface area contributed by atoms with E-state index in [1.165, 1.54) is 13.0 Å². The summed E-state index contributed by atoms with van der Waals surface area (Å²) < 4.78 is 0. The summed E-state index contributed by atoms with van der Waals surface area (Å²) in [6.45, 7) is 4.34. The van der Waals surface area contributed by atoms with Gasteiger partial charge in [-0.25, -0.2) is 0 Å². The summed E-state index contributed by atoms with van der Waals surface area (Å²) in [6.07, 6.45) is 3.26. The molecule has 1 saturated heterocycles. The molecule has 0 amide bonds. The predicted octanol–water partition coefficient (Wildman–Crippen LogP) is 3.18. The molecule has 1 atom stereocenters. The van der Waals surface area contributed by atoms with E-state index in [0.29, 0.717) is 17.3 Å². The maximum Gasteiger partial charge on any atom is 0.293 e. The number of hydrogen-bond acceptors (Lipinski definition) is 4. The molecule has 0 N–H and O–H groups in total. The number of hydrogen-bond donors (Lipinski definition) is 0. The van der Waals surface area contributed by atoms with Crippen LogP contribution in [0.3, 0.4) is 0 Å². The highest BCUT2D eigenvalue weighted by Crippen LogP contribution is 2.33. The van der Waals surface area contributed by atoms with Crippen molar-refractivity contribution in [2.24, 2.45) is 0 Å². The van der Waals surface area contributed by atoms with Crippen molar-refractivity contribution in [1.82, 2.24) is 0 Å². The normalized spacial score (nSPS) is 19.3. The zero-order chi connectivity index (χ0) is 14.0. The van der Waals surface area contributed by atoms with Crippen LogP contribution in [-0.4, -0.2) is 23.3 Å². The number of Topliss-reactive ketones (excluding diaryl/α,β-unsaturated/α-hetero) is 1. The molecule has 0 aromatic heterocycles. The molecule has 0 saturated carbocycles. The van der Waals surface area contributed by atoms with E-state index in [1.54, 1.807) is 12.1 Å². The minimum absolute atomic E-state index is 0.0291. The summed E-state index contributed by atoms with van der Waals surface area (Å²) in [4.78, 5) is 24.2. The van der Waals surface area contributed by atoms with Crippen molar-refractivity contribution in [2.75, 3.05) is 11.4 Å². The summed E-state index contributed by atoms with van der Waals surface area (Å²) in [7, 11) is 0. The van der Waals surface area contributed by atoms with Gasteiger partial charge in [0.2, 0.25) is 0 Å². The fourth-order valence-electron chi connectivity index (χ4n) is 2.59. The maximum atomic E-state index is 11.3. The highest BCUT2D eigenvalue weighted by molar-refractivity contribution is 5.95. The molecule has 0 spiro atoms. The lowest BCUT2D eigenvalue weighted by molar-refractivity contribution is -0.384. The third-order valence-corrected chi connectivity index (χ3v) is 3.69. The van der Waals surface area contributed by atoms with Gasteiger partial charge in [0.1, 0.15) is 5.69 Å². The molecule has 2 rings (SSSR count). The van der Waals surface area contributed by atoms with Crippen LogP contribution in [0.1, 0.15) is 43.5 Å². The Kier molecular flexibility index (Phi) is 3.83. The minimum Gasteiger partial charge on any atom is -0.363 e. The second-order valence-corrected chi connectivity index (χ2v) is 5.05. The molecule has 5 heteroatoms. The first kappa shape index (κ1) is 13.5. The van der Waals surface area contributed by atoms with E-state index in [9.17, 15) is 14.9 Å². The van der Waals surface area contributed by atoms with Gasteiger partial charge >= 0.3 is 0 Å². The van der Waals surface area contributed by atoms with Crippen LogP contribution in [-0.2, 0) is 0 Å². The van der Waals surface area contributed by atoms with Crippen molar-refractivity contribution in [2.45, 2.75) is 39.2 Å². The van der Waals surface area contributed by atoms with Crippen LogP contribution < -0.4 is 4.90 Å². The van der Waals surface area contributed by atoms with Gasteiger partial charge in [-0.15, -0.1) is 0 Å². The monoisotopic (exact) mass is 262 g/mol. The first-order chi connectivity index (χ1) is 9.00. The molecule has 1 aromatic carbocycles. The van der Waals surface area contributed by atoms with Crippen molar-refractivity contribution in [1.29, 1.82) is 0 Å². The van der Waals surface area contributed by atoms with E-state index in [4.69, 9.17) is 0 Å².